The van der Waals surface area contributed by atoms with Crippen LogP contribution in [0.25, 0.3) is 0 Å². The monoisotopic (exact) mass is 276 g/mol. The highest BCUT2D eigenvalue weighted by Crippen LogP contribution is 2.19. The third-order valence-corrected chi connectivity index (χ3v) is 4.23. The second-order valence-corrected chi connectivity index (χ2v) is 5.97. The molecule has 3 rings (SSSR count). The standard InChI is InChI=1S/C15H24N4O/c1-17-7-9-18(10-8-17)15(20)12-19-6-2-3-14(19)11-16-13-4-5-13/h2-3,6,13,16H,4-5,7-12H2,1H3. The van der Waals surface area contributed by atoms with Crippen molar-refractivity contribution >= 4 is 5.91 Å². The van der Waals surface area contributed by atoms with E-state index < -0.39 is 0 Å². The Hall–Kier alpha value is -1.33. The minimum atomic E-state index is 0.238. The number of aromatic nitrogens is 1. The average molecular weight is 276 g/mol. The molecule has 1 N–H and O–H groups in total. The van der Waals surface area contributed by atoms with Gasteiger partial charge in [-0.15, -0.1) is 0 Å². The highest BCUT2D eigenvalue weighted by atomic mass is 16.2. The van der Waals surface area contributed by atoms with E-state index in [0.717, 1.165) is 32.7 Å². The van der Waals surface area contributed by atoms with Crippen LogP contribution in [0.3, 0.4) is 0 Å². The first-order valence-corrected chi connectivity index (χ1v) is 7.56. The second kappa shape index (κ2) is 5.97. The lowest BCUT2D eigenvalue weighted by Crippen LogP contribution is -2.48. The van der Waals surface area contributed by atoms with Crippen LogP contribution >= 0.6 is 0 Å². The van der Waals surface area contributed by atoms with Gasteiger partial charge in [0.1, 0.15) is 6.54 Å². The van der Waals surface area contributed by atoms with E-state index in [4.69, 9.17) is 0 Å². The van der Waals surface area contributed by atoms with Gasteiger partial charge < -0.3 is 19.7 Å². The molecule has 0 unspecified atom stereocenters. The van der Waals surface area contributed by atoms with Crippen LogP contribution in [0.1, 0.15) is 18.5 Å². The predicted molar refractivity (Wildman–Crippen MR) is 78.4 cm³/mol. The number of hydrogen-bond acceptors (Lipinski definition) is 3. The Labute approximate surface area is 120 Å². The summed E-state index contributed by atoms with van der Waals surface area (Å²) in [5.41, 5.74) is 1.21. The van der Waals surface area contributed by atoms with E-state index >= 15 is 0 Å². The van der Waals surface area contributed by atoms with E-state index in [-0.39, 0.29) is 5.91 Å². The summed E-state index contributed by atoms with van der Waals surface area (Å²) in [5.74, 6) is 0.238. The van der Waals surface area contributed by atoms with Crippen molar-refractivity contribution in [1.82, 2.24) is 19.7 Å². The molecule has 1 aliphatic heterocycles. The van der Waals surface area contributed by atoms with E-state index in [9.17, 15) is 4.79 Å². The minimum absolute atomic E-state index is 0.238. The van der Waals surface area contributed by atoms with Gasteiger partial charge in [0.15, 0.2) is 0 Å². The molecule has 2 fully saturated rings. The van der Waals surface area contributed by atoms with Crippen molar-refractivity contribution < 1.29 is 4.79 Å². The van der Waals surface area contributed by atoms with Crippen molar-refractivity contribution in [3.05, 3.63) is 24.0 Å². The molecule has 1 saturated carbocycles. The Morgan fingerprint density at radius 2 is 2.05 bits per heavy atom. The molecular formula is C15H24N4O. The van der Waals surface area contributed by atoms with Gasteiger partial charge in [-0.05, 0) is 32.0 Å². The first kappa shape index (κ1) is 13.6. The maximum Gasteiger partial charge on any atom is 0.242 e. The number of nitrogens with one attached hydrogen (secondary N) is 1. The van der Waals surface area contributed by atoms with Crippen molar-refractivity contribution in [1.29, 1.82) is 0 Å². The van der Waals surface area contributed by atoms with Gasteiger partial charge in [-0.1, -0.05) is 0 Å². The molecule has 1 aromatic rings. The summed E-state index contributed by atoms with van der Waals surface area (Å²) in [6, 6.07) is 4.83. The molecule has 2 aliphatic rings. The SMILES string of the molecule is CN1CCN(C(=O)Cn2cccc2CNC2CC2)CC1. The quantitative estimate of drug-likeness (QED) is 0.852. The van der Waals surface area contributed by atoms with Crippen LogP contribution in [0.2, 0.25) is 0 Å². The first-order chi connectivity index (χ1) is 9.72. The molecule has 0 atom stereocenters. The van der Waals surface area contributed by atoms with Gasteiger partial charge in [0.2, 0.25) is 5.91 Å². The smallest absolute Gasteiger partial charge is 0.242 e. The third-order valence-electron chi connectivity index (χ3n) is 4.23. The normalized spacial score (nSPS) is 20.4. The highest BCUT2D eigenvalue weighted by Gasteiger charge is 2.22. The zero-order valence-corrected chi connectivity index (χ0v) is 12.2. The number of carbonyl (C=O) groups is 1. The van der Waals surface area contributed by atoms with Gasteiger partial charge in [0, 0.05) is 50.7 Å². The maximum atomic E-state index is 12.3. The van der Waals surface area contributed by atoms with Crippen LogP contribution in [0.15, 0.2) is 18.3 Å². The van der Waals surface area contributed by atoms with Crippen molar-refractivity contribution in [2.75, 3.05) is 33.2 Å². The molecule has 0 aromatic carbocycles. The van der Waals surface area contributed by atoms with Gasteiger partial charge in [0.25, 0.3) is 0 Å². The Morgan fingerprint density at radius 1 is 1.30 bits per heavy atom. The third kappa shape index (κ3) is 3.41. The zero-order chi connectivity index (χ0) is 13.9. The summed E-state index contributed by atoms with van der Waals surface area (Å²) in [7, 11) is 2.11. The molecular weight excluding hydrogens is 252 g/mol. The summed E-state index contributed by atoms with van der Waals surface area (Å²) < 4.78 is 2.08. The fraction of sp³-hybridized carbons (Fsp3) is 0.667. The molecule has 2 heterocycles. The van der Waals surface area contributed by atoms with Gasteiger partial charge in [0.05, 0.1) is 0 Å². The van der Waals surface area contributed by atoms with E-state index in [2.05, 4.69) is 27.9 Å². The first-order valence-electron chi connectivity index (χ1n) is 7.56. The van der Waals surface area contributed by atoms with Gasteiger partial charge in [-0.25, -0.2) is 0 Å². The lowest BCUT2D eigenvalue weighted by molar-refractivity contribution is -0.133. The molecule has 5 nitrogen and oxygen atoms in total. The summed E-state index contributed by atoms with van der Waals surface area (Å²) >= 11 is 0. The molecule has 0 radical (unpaired) electrons. The van der Waals surface area contributed by atoms with Crippen LogP contribution in [0.4, 0.5) is 0 Å². The fourth-order valence-corrected chi connectivity index (χ4v) is 2.60. The summed E-state index contributed by atoms with van der Waals surface area (Å²) in [6.07, 6.45) is 4.60. The predicted octanol–water partition coefficient (Wildman–Crippen LogP) is 0.514. The lowest BCUT2D eigenvalue weighted by atomic mass is 10.3. The van der Waals surface area contributed by atoms with Crippen molar-refractivity contribution in [2.24, 2.45) is 0 Å². The molecule has 5 heteroatoms. The van der Waals surface area contributed by atoms with Gasteiger partial charge >= 0.3 is 0 Å². The number of nitrogens with zero attached hydrogens (tertiary/aromatic N) is 3. The molecule has 1 saturated heterocycles. The number of rotatable bonds is 5. The topological polar surface area (TPSA) is 40.5 Å². The largest absolute Gasteiger partial charge is 0.341 e. The Bertz CT molecular complexity index is 458. The fourth-order valence-electron chi connectivity index (χ4n) is 2.60. The molecule has 1 aliphatic carbocycles. The molecule has 1 amide bonds. The van der Waals surface area contributed by atoms with Crippen LogP contribution in [-0.4, -0.2) is 59.5 Å². The highest BCUT2D eigenvalue weighted by molar-refractivity contribution is 5.76. The molecule has 1 aromatic heterocycles. The Balaban J connectivity index is 1.53. The van der Waals surface area contributed by atoms with Crippen molar-refractivity contribution in [3.8, 4) is 0 Å². The van der Waals surface area contributed by atoms with Crippen LogP contribution in [-0.2, 0) is 17.9 Å². The van der Waals surface area contributed by atoms with Gasteiger partial charge in [-0.2, -0.15) is 0 Å². The molecule has 0 bridgehead atoms. The second-order valence-electron chi connectivity index (χ2n) is 5.97. The zero-order valence-electron chi connectivity index (χ0n) is 12.2. The minimum Gasteiger partial charge on any atom is -0.341 e. The van der Waals surface area contributed by atoms with Gasteiger partial charge in [-0.3, -0.25) is 4.79 Å². The number of piperazine rings is 1. The van der Waals surface area contributed by atoms with Crippen LogP contribution in [0.5, 0.6) is 0 Å². The van der Waals surface area contributed by atoms with Crippen molar-refractivity contribution in [2.45, 2.75) is 32.0 Å². The van der Waals surface area contributed by atoms with Crippen LogP contribution in [0, 0.1) is 0 Å². The number of hydrogen-bond donors (Lipinski definition) is 1. The summed E-state index contributed by atoms with van der Waals surface area (Å²) in [6.45, 7) is 5.01. The maximum absolute atomic E-state index is 12.3. The van der Waals surface area contributed by atoms with E-state index in [1.165, 1.54) is 18.5 Å². The van der Waals surface area contributed by atoms with E-state index in [1.807, 2.05) is 17.2 Å². The lowest BCUT2D eigenvalue weighted by Gasteiger charge is -2.32. The van der Waals surface area contributed by atoms with Crippen LogP contribution < -0.4 is 5.32 Å². The molecule has 0 spiro atoms. The Morgan fingerprint density at radius 3 is 2.75 bits per heavy atom. The number of amides is 1. The van der Waals surface area contributed by atoms with E-state index in [1.54, 1.807) is 0 Å². The molecule has 110 valence electrons. The number of likely N-dealkylation sites (N-methyl/N-ethyl adjacent to an activating group) is 1. The average Bonchev–Trinajstić information content (AvgIpc) is 3.18. The summed E-state index contributed by atoms with van der Waals surface area (Å²) in [4.78, 5) is 16.6. The van der Waals surface area contributed by atoms with Crippen molar-refractivity contribution in [3.63, 3.8) is 0 Å². The van der Waals surface area contributed by atoms with E-state index in [0.29, 0.717) is 12.6 Å². The molecule has 20 heavy (non-hydrogen) atoms. The summed E-state index contributed by atoms with van der Waals surface area (Å²) in [5, 5.41) is 3.51. The Kier molecular flexibility index (Phi) is 4.08. The number of carbonyl (C=O) groups excluding carboxylic acids is 1.